The molecule has 3 unspecified atom stereocenters. The number of piperidine rings is 2. The van der Waals surface area contributed by atoms with Gasteiger partial charge in [0.1, 0.15) is 11.5 Å². The molecule has 4 heteroatoms. The van der Waals surface area contributed by atoms with E-state index in [1.807, 2.05) is 18.2 Å². The maximum Gasteiger partial charge on any atom is 0.115 e. The molecule has 2 aromatic rings. The summed E-state index contributed by atoms with van der Waals surface area (Å²) in [5.74, 6) is 2.90. The second-order valence-electron chi connectivity index (χ2n) is 9.95. The zero-order valence-corrected chi connectivity index (χ0v) is 17.1. The standard InChI is InChI=1S/C25H30N2O2/c1-26-14-18-10-17-4-7-20(29)11-21(17)25-8-9-27(13-16-2-5-19(28)6-3-16)15-23(25)24(26)12-22(18)25/h2-7,11,18,22-24,28-29H,8-10,12-15H2,1H3/t18?,22?,23-,24+,25?/m0/s1. The van der Waals surface area contributed by atoms with Crippen molar-refractivity contribution in [3.63, 3.8) is 0 Å². The number of benzene rings is 2. The third-order valence-corrected chi connectivity index (χ3v) is 8.66. The van der Waals surface area contributed by atoms with Gasteiger partial charge in [0.15, 0.2) is 0 Å². The van der Waals surface area contributed by atoms with Gasteiger partial charge in [0.05, 0.1) is 0 Å². The van der Waals surface area contributed by atoms with E-state index in [9.17, 15) is 10.2 Å². The molecule has 2 aliphatic heterocycles. The molecule has 4 aliphatic rings. The molecule has 2 aromatic carbocycles. The summed E-state index contributed by atoms with van der Waals surface area (Å²) in [4.78, 5) is 5.26. The van der Waals surface area contributed by atoms with Crippen LogP contribution in [0.5, 0.6) is 11.5 Å². The molecule has 1 spiro atoms. The third kappa shape index (κ3) is 2.52. The molecule has 2 bridgehead atoms. The first-order valence-corrected chi connectivity index (χ1v) is 11.1. The van der Waals surface area contributed by atoms with Crippen molar-refractivity contribution in [1.29, 1.82) is 0 Å². The quantitative estimate of drug-likeness (QED) is 0.826. The van der Waals surface area contributed by atoms with E-state index in [0.717, 1.165) is 31.5 Å². The molecule has 2 aliphatic carbocycles. The lowest BCUT2D eigenvalue weighted by Gasteiger charge is -2.52. The van der Waals surface area contributed by atoms with E-state index in [4.69, 9.17) is 0 Å². The Morgan fingerprint density at radius 2 is 1.79 bits per heavy atom. The molecule has 29 heavy (non-hydrogen) atoms. The minimum atomic E-state index is 0.234. The van der Waals surface area contributed by atoms with Gasteiger partial charge >= 0.3 is 0 Å². The van der Waals surface area contributed by atoms with Gasteiger partial charge in [0.25, 0.3) is 0 Å². The van der Waals surface area contributed by atoms with Gasteiger partial charge in [0.2, 0.25) is 0 Å². The van der Waals surface area contributed by atoms with Gasteiger partial charge in [-0.15, -0.1) is 0 Å². The van der Waals surface area contributed by atoms with Crippen LogP contribution in [0.15, 0.2) is 42.5 Å². The first-order valence-electron chi connectivity index (χ1n) is 11.1. The van der Waals surface area contributed by atoms with Crippen LogP contribution in [-0.2, 0) is 18.4 Å². The molecule has 3 fully saturated rings. The molecule has 0 aromatic heterocycles. The molecule has 2 N–H and O–H groups in total. The highest BCUT2D eigenvalue weighted by atomic mass is 16.3. The van der Waals surface area contributed by atoms with Crippen molar-refractivity contribution in [1.82, 2.24) is 9.80 Å². The van der Waals surface area contributed by atoms with Gasteiger partial charge in [-0.1, -0.05) is 18.2 Å². The van der Waals surface area contributed by atoms with Crippen LogP contribution >= 0.6 is 0 Å². The molecule has 2 saturated heterocycles. The number of phenolic OH excluding ortho intramolecular Hbond substituents is 2. The van der Waals surface area contributed by atoms with Crippen LogP contribution in [0.2, 0.25) is 0 Å². The summed E-state index contributed by atoms with van der Waals surface area (Å²) in [6, 6.07) is 14.5. The summed E-state index contributed by atoms with van der Waals surface area (Å²) in [6.45, 7) is 4.39. The number of hydrogen-bond acceptors (Lipinski definition) is 4. The minimum Gasteiger partial charge on any atom is -0.508 e. The highest BCUT2D eigenvalue weighted by molar-refractivity contribution is 5.47. The van der Waals surface area contributed by atoms with Gasteiger partial charge < -0.3 is 15.1 Å². The molecule has 5 atom stereocenters. The lowest BCUT2D eigenvalue weighted by molar-refractivity contribution is 0.0610. The predicted molar refractivity (Wildman–Crippen MR) is 113 cm³/mol. The van der Waals surface area contributed by atoms with Gasteiger partial charge in [0, 0.05) is 31.1 Å². The van der Waals surface area contributed by atoms with E-state index >= 15 is 0 Å². The number of likely N-dealkylation sites (tertiary alicyclic amines) is 2. The summed E-state index contributed by atoms with van der Waals surface area (Å²) in [5.41, 5.74) is 4.45. The van der Waals surface area contributed by atoms with Crippen molar-refractivity contribution in [2.75, 3.05) is 26.7 Å². The first-order chi connectivity index (χ1) is 14.0. The number of phenols is 2. The maximum absolute atomic E-state index is 10.3. The zero-order chi connectivity index (χ0) is 19.8. The summed E-state index contributed by atoms with van der Waals surface area (Å²) in [5, 5.41) is 19.9. The summed E-state index contributed by atoms with van der Waals surface area (Å²) in [7, 11) is 2.33. The number of hydrogen-bond donors (Lipinski definition) is 2. The Morgan fingerprint density at radius 1 is 1.00 bits per heavy atom. The van der Waals surface area contributed by atoms with E-state index < -0.39 is 0 Å². The van der Waals surface area contributed by atoms with Crippen molar-refractivity contribution >= 4 is 0 Å². The number of aromatic hydroxyl groups is 2. The number of rotatable bonds is 2. The SMILES string of the molecule is CN1CC2Cc3ccc(O)cc3C34CCN(Cc5ccc(O)cc5)C[C@H]3[C@H]1CC24. The Hall–Kier alpha value is -2.04. The Morgan fingerprint density at radius 3 is 2.62 bits per heavy atom. The van der Waals surface area contributed by atoms with E-state index in [1.54, 1.807) is 12.1 Å². The molecular weight excluding hydrogens is 360 g/mol. The fraction of sp³-hybridized carbons (Fsp3) is 0.520. The number of nitrogens with zero attached hydrogens (tertiary/aromatic N) is 2. The Labute approximate surface area is 172 Å². The van der Waals surface area contributed by atoms with Crippen LogP contribution in [0, 0.1) is 17.8 Å². The van der Waals surface area contributed by atoms with Crippen LogP contribution in [0.1, 0.15) is 29.5 Å². The lowest BCUT2D eigenvalue weighted by Crippen LogP contribution is -2.54. The zero-order valence-electron chi connectivity index (χ0n) is 17.1. The van der Waals surface area contributed by atoms with Gasteiger partial charge in [-0.3, -0.25) is 4.90 Å². The molecule has 0 radical (unpaired) electrons. The van der Waals surface area contributed by atoms with Crippen molar-refractivity contribution in [2.45, 2.75) is 37.3 Å². The second kappa shape index (κ2) is 6.23. The Kier molecular flexibility index (Phi) is 3.82. The normalized spacial score (nSPS) is 35.9. The highest BCUT2D eigenvalue weighted by Gasteiger charge is 2.64. The topological polar surface area (TPSA) is 46.9 Å². The van der Waals surface area contributed by atoms with Gasteiger partial charge in [-0.25, -0.2) is 0 Å². The summed E-state index contributed by atoms with van der Waals surface area (Å²) >= 11 is 0. The van der Waals surface area contributed by atoms with Crippen molar-refractivity contribution < 1.29 is 10.2 Å². The number of fused-ring (bicyclic) bond motifs is 3. The molecule has 1 saturated carbocycles. The average Bonchev–Trinajstić information content (AvgIpc) is 3.04. The summed E-state index contributed by atoms with van der Waals surface area (Å²) in [6.07, 6.45) is 3.68. The largest absolute Gasteiger partial charge is 0.508 e. The molecule has 2 heterocycles. The molecule has 0 amide bonds. The smallest absolute Gasteiger partial charge is 0.115 e. The summed E-state index contributed by atoms with van der Waals surface area (Å²) < 4.78 is 0. The van der Waals surface area contributed by atoms with E-state index in [0.29, 0.717) is 23.5 Å². The van der Waals surface area contributed by atoms with Crippen LogP contribution in [-0.4, -0.2) is 52.7 Å². The third-order valence-electron chi connectivity index (χ3n) is 8.66. The molecule has 152 valence electrons. The molecular formula is C25H30N2O2. The van der Waals surface area contributed by atoms with Gasteiger partial charge in [-0.2, -0.15) is 0 Å². The fourth-order valence-electron chi connectivity index (χ4n) is 7.56. The van der Waals surface area contributed by atoms with E-state index in [1.165, 1.54) is 42.5 Å². The monoisotopic (exact) mass is 390 g/mol. The van der Waals surface area contributed by atoms with E-state index in [-0.39, 0.29) is 5.41 Å². The fourth-order valence-corrected chi connectivity index (χ4v) is 7.56. The van der Waals surface area contributed by atoms with E-state index in [2.05, 4.69) is 29.0 Å². The van der Waals surface area contributed by atoms with Crippen LogP contribution in [0.25, 0.3) is 0 Å². The Balaban J connectivity index is 1.38. The minimum absolute atomic E-state index is 0.234. The van der Waals surface area contributed by atoms with Crippen molar-refractivity contribution in [3.05, 3.63) is 59.2 Å². The van der Waals surface area contributed by atoms with Crippen LogP contribution in [0.3, 0.4) is 0 Å². The molecule has 6 rings (SSSR count). The second-order valence-corrected chi connectivity index (χ2v) is 9.95. The highest BCUT2D eigenvalue weighted by Crippen LogP contribution is 2.63. The molecule has 4 nitrogen and oxygen atoms in total. The first kappa shape index (κ1) is 17.8. The maximum atomic E-state index is 10.3. The predicted octanol–water partition coefficient (Wildman–Crippen LogP) is 3.36. The Bertz CT molecular complexity index is 942. The average molecular weight is 391 g/mol. The van der Waals surface area contributed by atoms with Crippen molar-refractivity contribution in [3.8, 4) is 11.5 Å². The van der Waals surface area contributed by atoms with Crippen LogP contribution in [0.4, 0.5) is 0 Å². The van der Waals surface area contributed by atoms with Crippen LogP contribution < -0.4 is 0 Å². The van der Waals surface area contributed by atoms with Gasteiger partial charge in [-0.05, 0) is 91.6 Å². The lowest BCUT2D eigenvalue weighted by atomic mass is 9.55. The van der Waals surface area contributed by atoms with Crippen molar-refractivity contribution in [2.24, 2.45) is 17.8 Å².